The first-order valence-corrected chi connectivity index (χ1v) is 13.0. The maximum absolute atomic E-state index is 12.9. The summed E-state index contributed by atoms with van der Waals surface area (Å²) in [6.07, 6.45) is 4.82. The average Bonchev–Trinajstić information content (AvgIpc) is 3.46. The van der Waals surface area contributed by atoms with Gasteiger partial charge in [0.2, 0.25) is 21.3 Å². The third-order valence-corrected chi connectivity index (χ3v) is 9.38. The molecule has 5 rings (SSSR count). The minimum atomic E-state index is -4.11. The molecule has 0 unspecified atom stereocenters. The molecule has 4 atom stereocenters. The molecule has 1 aliphatic heterocycles. The van der Waals surface area contributed by atoms with Gasteiger partial charge in [-0.15, -0.1) is 10.2 Å². The topological polar surface area (TPSA) is 169 Å². The zero-order valence-corrected chi connectivity index (χ0v) is 18.0. The molecule has 2 bridgehead atoms. The largest absolute Gasteiger partial charge is 0.274 e. The Morgan fingerprint density at radius 3 is 2.06 bits per heavy atom. The first-order valence-electron chi connectivity index (χ1n) is 9.11. The second-order valence-electron chi connectivity index (χ2n) is 7.53. The molecule has 2 fully saturated rings. The number of primary sulfonamides is 1. The highest BCUT2D eigenvalue weighted by atomic mass is 32.2. The van der Waals surface area contributed by atoms with Crippen molar-refractivity contribution in [1.82, 2.24) is 10.2 Å². The number of nitrogens with two attached hydrogens (primary N) is 1. The number of aromatic nitrogens is 2. The van der Waals surface area contributed by atoms with Crippen LogP contribution in [0.5, 0.6) is 0 Å². The number of hydrogen-bond donors (Lipinski definition) is 2. The number of carbonyl (C=O) groups excluding carboxylic acids is 2. The van der Waals surface area contributed by atoms with Gasteiger partial charge in [-0.05, 0) is 42.5 Å². The van der Waals surface area contributed by atoms with Crippen molar-refractivity contribution in [2.75, 3.05) is 9.62 Å². The van der Waals surface area contributed by atoms with Gasteiger partial charge >= 0.3 is 0 Å². The van der Waals surface area contributed by atoms with Gasteiger partial charge in [0.05, 0.1) is 22.4 Å². The number of sulfonamides is 2. The van der Waals surface area contributed by atoms with Crippen molar-refractivity contribution in [3.8, 4) is 0 Å². The molecule has 0 spiro atoms. The predicted octanol–water partition coefficient (Wildman–Crippen LogP) is 0.298. The van der Waals surface area contributed by atoms with Gasteiger partial charge in [0.15, 0.2) is 0 Å². The molecule has 2 aromatic rings. The van der Waals surface area contributed by atoms with Crippen molar-refractivity contribution in [1.29, 1.82) is 0 Å². The van der Waals surface area contributed by atoms with Crippen LogP contribution in [-0.4, -0.2) is 38.8 Å². The smallest absolute Gasteiger partial charge is 0.267 e. The van der Waals surface area contributed by atoms with Gasteiger partial charge in [-0.3, -0.25) is 19.2 Å². The third kappa shape index (κ3) is 3.17. The zero-order valence-electron chi connectivity index (χ0n) is 15.6. The van der Waals surface area contributed by atoms with E-state index in [0.29, 0.717) is 17.0 Å². The van der Waals surface area contributed by atoms with E-state index in [-0.39, 0.29) is 45.5 Å². The molecular formula is C17H15N5O6S3. The standard InChI is InChI=1S/C17H15N5O6S3/c18-30(25,26)17-20-19-16(29-17)21-31(27,28)11-5-3-10(4-6-11)22-14(23)12-8-1-2-9(7-8)13(12)15(22)24/h1-6,8-9,12-13H,7H2,(H,19,21)(H2,18,25,26)/t8-,9+,12-,13+. The summed E-state index contributed by atoms with van der Waals surface area (Å²) in [4.78, 5) is 26.7. The highest BCUT2D eigenvalue weighted by molar-refractivity contribution is 7.93. The van der Waals surface area contributed by atoms with Crippen molar-refractivity contribution in [3.63, 3.8) is 0 Å². The highest BCUT2D eigenvalue weighted by Gasteiger charge is 2.59. The van der Waals surface area contributed by atoms with Crippen LogP contribution in [0, 0.1) is 23.7 Å². The number of fused-ring (bicyclic) bond motifs is 5. The maximum Gasteiger partial charge on any atom is 0.267 e. The third-order valence-electron chi connectivity index (χ3n) is 5.75. The molecule has 14 heteroatoms. The number of benzene rings is 1. The van der Waals surface area contributed by atoms with E-state index in [9.17, 15) is 26.4 Å². The highest BCUT2D eigenvalue weighted by Crippen LogP contribution is 2.53. The van der Waals surface area contributed by atoms with Crippen LogP contribution in [0.4, 0.5) is 10.8 Å². The van der Waals surface area contributed by atoms with Crippen LogP contribution in [0.3, 0.4) is 0 Å². The van der Waals surface area contributed by atoms with Gasteiger partial charge in [0.25, 0.3) is 20.0 Å². The number of carbonyl (C=O) groups is 2. The van der Waals surface area contributed by atoms with Gasteiger partial charge in [0.1, 0.15) is 0 Å². The molecule has 11 nitrogen and oxygen atoms in total. The van der Waals surface area contributed by atoms with E-state index in [1.807, 2.05) is 12.2 Å². The van der Waals surface area contributed by atoms with Crippen LogP contribution in [0.15, 0.2) is 45.7 Å². The molecule has 1 aromatic carbocycles. The number of nitrogens with one attached hydrogen (secondary N) is 1. The maximum atomic E-state index is 12.9. The van der Waals surface area contributed by atoms with Crippen molar-refractivity contribution < 1.29 is 26.4 Å². The predicted molar refractivity (Wildman–Crippen MR) is 109 cm³/mol. The lowest BCUT2D eigenvalue weighted by Crippen LogP contribution is -2.32. The minimum absolute atomic E-state index is 0.0782. The lowest BCUT2D eigenvalue weighted by Gasteiger charge is -2.17. The van der Waals surface area contributed by atoms with Crippen molar-refractivity contribution in [2.24, 2.45) is 28.8 Å². The van der Waals surface area contributed by atoms with Gasteiger partial charge < -0.3 is 0 Å². The molecule has 1 aromatic heterocycles. The van der Waals surface area contributed by atoms with E-state index >= 15 is 0 Å². The molecule has 1 saturated carbocycles. The molecule has 31 heavy (non-hydrogen) atoms. The molecular weight excluding hydrogens is 466 g/mol. The van der Waals surface area contributed by atoms with Gasteiger partial charge in [-0.1, -0.05) is 23.5 Å². The Balaban J connectivity index is 1.37. The molecule has 3 aliphatic rings. The van der Waals surface area contributed by atoms with Gasteiger partial charge in [-0.25, -0.2) is 22.0 Å². The van der Waals surface area contributed by atoms with Crippen molar-refractivity contribution in [3.05, 3.63) is 36.4 Å². The second-order valence-corrected chi connectivity index (χ2v) is 11.9. The number of allylic oxidation sites excluding steroid dienone is 2. The van der Waals surface area contributed by atoms with E-state index in [4.69, 9.17) is 5.14 Å². The molecule has 1 saturated heterocycles. The fraction of sp³-hybridized carbons (Fsp3) is 0.294. The molecule has 2 amide bonds. The number of nitrogens with zero attached hydrogens (tertiary/aromatic N) is 3. The summed E-state index contributed by atoms with van der Waals surface area (Å²) in [5.41, 5.74) is 0.301. The lowest BCUT2D eigenvalue weighted by atomic mass is 9.85. The molecule has 3 N–H and O–H groups in total. The summed E-state index contributed by atoms with van der Waals surface area (Å²) in [5.74, 6) is -1.06. The average molecular weight is 482 g/mol. The number of hydrogen-bond acceptors (Lipinski definition) is 9. The fourth-order valence-electron chi connectivity index (χ4n) is 4.47. The number of amides is 2. The van der Waals surface area contributed by atoms with E-state index in [0.717, 1.165) is 11.3 Å². The summed E-state index contributed by atoms with van der Waals surface area (Å²) in [6.45, 7) is 0. The lowest BCUT2D eigenvalue weighted by molar-refractivity contribution is -0.123. The number of anilines is 2. The molecule has 2 heterocycles. The molecule has 162 valence electrons. The molecule has 0 radical (unpaired) electrons. The van der Waals surface area contributed by atoms with Crippen LogP contribution in [0.1, 0.15) is 6.42 Å². The SMILES string of the molecule is NS(=O)(=O)c1nnc(NS(=O)(=O)c2ccc(N3C(=O)[C@@H]4[C@H](C3=O)[C@@H]3C=C[C@H]4C3)cc2)s1. The Bertz CT molecular complexity index is 1320. The first-order chi connectivity index (χ1) is 14.6. The van der Waals surface area contributed by atoms with Crippen LogP contribution >= 0.6 is 11.3 Å². The summed E-state index contributed by atoms with van der Waals surface area (Å²) in [5, 5.41) is 11.5. The minimum Gasteiger partial charge on any atom is -0.274 e. The fourth-order valence-corrected chi connectivity index (χ4v) is 7.03. The van der Waals surface area contributed by atoms with Crippen LogP contribution in [0.2, 0.25) is 0 Å². The Morgan fingerprint density at radius 1 is 0.968 bits per heavy atom. The van der Waals surface area contributed by atoms with Gasteiger partial charge in [-0.2, -0.15) is 0 Å². The van der Waals surface area contributed by atoms with E-state index < -0.39 is 24.4 Å². The quantitative estimate of drug-likeness (QED) is 0.454. The van der Waals surface area contributed by atoms with E-state index in [1.165, 1.54) is 24.3 Å². The summed E-state index contributed by atoms with van der Waals surface area (Å²) >= 11 is 0.472. The Hall–Kier alpha value is -2.68. The summed E-state index contributed by atoms with van der Waals surface area (Å²) in [7, 11) is -8.21. The Labute approximate surface area is 181 Å². The van der Waals surface area contributed by atoms with E-state index in [1.54, 1.807) is 0 Å². The van der Waals surface area contributed by atoms with Crippen LogP contribution < -0.4 is 14.8 Å². The Kier molecular flexibility index (Phi) is 4.35. The van der Waals surface area contributed by atoms with Crippen molar-refractivity contribution >= 4 is 54.0 Å². The van der Waals surface area contributed by atoms with Crippen molar-refractivity contribution in [2.45, 2.75) is 15.7 Å². The van der Waals surface area contributed by atoms with Gasteiger partial charge in [0, 0.05) is 0 Å². The van der Waals surface area contributed by atoms with E-state index in [2.05, 4.69) is 14.9 Å². The van der Waals surface area contributed by atoms with Crippen LogP contribution in [0.25, 0.3) is 0 Å². The monoisotopic (exact) mass is 481 g/mol. The summed E-state index contributed by atoms with van der Waals surface area (Å²) in [6, 6.07) is 5.27. The number of imide groups is 1. The summed E-state index contributed by atoms with van der Waals surface area (Å²) < 4.78 is 49.3. The number of rotatable bonds is 5. The molecule has 2 aliphatic carbocycles. The first kappa shape index (κ1) is 20.2. The second kappa shape index (κ2) is 6.66. The Morgan fingerprint density at radius 2 is 1.55 bits per heavy atom. The normalized spacial score (nSPS) is 27.2. The zero-order chi connectivity index (χ0) is 22.1. The van der Waals surface area contributed by atoms with Crippen LogP contribution in [-0.2, 0) is 29.6 Å².